The van der Waals surface area contributed by atoms with Crippen LogP contribution in [0.4, 0.5) is 0 Å². The van der Waals surface area contributed by atoms with Gasteiger partial charge in [0.15, 0.2) is 0 Å². The molecule has 1 unspecified atom stereocenters. The summed E-state index contributed by atoms with van der Waals surface area (Å²) in [4.78, 5) is 27.3. The molecule has 0 aromatic carbocycles. The number of carbonyl (C=O) groups is 1. The summed E-state index contributed by atoms with van der Waals surface area (Å²) < 4.78 is 1.44. The van der Waals surface area contributed by atoms with Crippen LogP contribution in [0.1, 0.15) is 33.8 Å². The quantitative estimate of drug-likeness (QED) is 0.807. The second kappa shape index (κ2) is 4.90. The summed E-state index contributed by atoms with van der Waals surface area (Å²) in [5.74, 6) is -0.00931. The SMILES string of the molecule is CC1c2ccsc2CCN1C(=O)c1ccc(=O)n(C)c1. The number of thiophene rings is 1. The molecule has 104 valence electrons. The Morgan fingerprint density at radius 1 is 1.35 bits per heavy atom. The Bertz CT molecular complexity index is 717. The molecule has 1 aliphatic heterocycles. The first-order chi connectivity index (χ1) is 9.58. The third kappa shape index (κ3) is 2.08. The average molecular weight is 288 g/mol. The fraction of sp³-hybridized carbons (Fsp3) is 0.333. The summed E-state index contributed by atoms with van der Waals surface area (Å²) in [5, 5.41) is 2.08. The van der Waals surface area contributed by atoms with E-state index in [1.54, 1.807) is 30.6 Å². The van der Waals surface area contributed by atoms with E-state index >= 15 is 0 Å². The minimum absolute atomic E-state index is 0.00931. The molecular weight excluding hydrogens is 272 g/mol. The van der Waals surface area contributed by atoms with Crippen molar-refractivity contribution in [2.45, 2.75) is 19.4 Å². The maximum absolute atomic E-state index is 12.6. The molecule has 0 radical (unpaired) electrons. The van der Waals surface area contributed by atoms with Crippen molar-refractivity contribution < 1.29 is 4.79 Å². The number of aromatic nitrogens is 1. The van der Waals surface area contributed by atoms with Gasteiger partial charge in [-0.2, -0.15) is 0 Å². The molecule has 0 saturated heterocycles. The van der Waals surface area contributed by atoms with Crippen LogP contribution in [0.15, 0.2) is 34.6 Å². The van der Waals surface area contributed by atoms with Crippen molar-refractivity contribution in [1.29, 1.82) is 0 Å². The normalized spacial score (nSPS) is 17.9. The Morgan fingerprint density at radius 3 is 2.90 bits per heavy atom. The molecule has 3 heterocycles. The Labute approximate surface area is 121 Å². The van der Waals surface area contributed by atoms with Crippen LogP contribution in [-0.4, -0.2) is 21.9 Å². The molecule has 1 atom stereocenters. The zero-order valence-electron chi connectivity index (χ0n) is 11.5. The first kappa shape index (κ1) is 13.1. The fourth-order valence-corrected chi connectivity index (χ4v) is 3.64. The summed E-state index contributed by atoms with van der Waals surface area (Å²) in [5.41, 5.74) is 1.71. The van der Waals surface area contributed by atoms with Crippen LogP contribution in [-0.2, 0) is 13.5 Å². The van der Waals surface area contributed by atoms with Crippen LogP contribution in [0.3, 0.4) is 0 Å². The van der Waals surface area contributed by atoms with E-state index in [-0.39, 0.29) is 17.5 Å². The van der Waals surface area contributed by atoms with Gasteiger partial charge >= 0.3 is 0 Å². The van der Waals surface area contributed by atoms with Crippen molar-refractivity contribution >= 4 is 17.2 Å². The van der Waals surface area contributed by atoms with Gasteiger partial charge in [-0.3, -0.25) is 9.59 Å². The molecule has 5 heteroatoms. The molecule has 0 fully saturated rings. The van der Waals surface area contributed by atoms with Gasteiger partial charge in [0.2, 0.25) is 5.56 Å². The van der Waals surface area contributed by atoms with Crippen molar-refractivity contribution in [3.8, 4) is 0 Å². The largest absolute Gasteiger partial charge is 0.331 e. The number of nitrogens with zero attached hydrogens (tertiary/aromatic N) is 2. The predicted octanol–water partition coefficient (Wildman–Crippen LogP) is 2.21. The highest BCUT2D eigenvalue weighted by atomic mass is 32.1. The van der Waals surface area contributed by atoms with E-state index in [9.17, 15) is 9.59 Å². The third-order valence-corrected chi connectivity index (χ3v) is 4.87. The molecule has 1 aliphatic rings. The van der Waals surface area contributed by atoms with Crippen molar-refractivity contribution in [1.82, 2.24) is 9.47 Å². The van der Waals surface area contributed by atoms with Crippen LogP contribution in [0, 0.1) is 0 Å². The molecular formula is C15H16N2O2S. The van der Waals surface area contributed by atoms with Gasteiger partial charge in [0.1, 0.15) is 0 Å². The molecule has 2 aromatic heterocycles. The van der Waals surface area contributed by atoms with E-state index in [0.717, 1.165) is 13.0 Å². The maximum Gasteiger partial charge on any atom is 0.255 e. The number of hydrogen-bond acceptors (Lipinski definition) is 3. The molecule has 4 nitrogen and oxygen atoms in total. The third-order valence-electron chi connectivity index (χ3n) is 3.87. The Balaban J connectivity index is 1.92. The van der Waals surface area contributed by atoms with E-state index in [1.807, 2.05) is 4.90 Å². The molecule has 0 saturated carbocycles. The smallest absolute Gasteiger partial charge is 0.255 e. The highest BCUT2D eigenvalue weighted by molar-refractivity contribution is 7.10. The number of pyridine rings is 1. The van der Waals surface area contributed by atoms with Crippen molar-refractivity contribution in [2.75, 3.05) is 6.54 Å². The zero-order valence-corrected chi connectivity index (χ0v) is 12.3. The van der Waals surface area contributed by atoms with Gasteiger partial charge in [-0.15, -0.1) is 11.3 Å². The number of amides is 1. The highest BCUT2D eigenvalue weighted by Crippen LogP contribution is 2.33. The summed E-state index contributed by atoms with van der Waals surface area (Å²) in [6.07, 6.45) is 2.52. The van der Waals surface area contributed by atoms with Gasteiger partial charge < -0.3 is 9.47 Å². The Hall–Kier alpha value is -1.88. The number of hydrogen-bond donors (Lipinski definition) is 0. The standard InChI is InChI=1S/C15H16N2O2S/c1-10-12-6-8-20-13(12)5-7-17(10)15(19)11-3-4-14(18)16(2)9-11/h3-4,6,8-10H,5,7H2,1-2H3. The predicted molar refractivity (Wildman–Crippen MR) is 79.2 cm³/mol. The van der Waals surface area contributed by atoms with Gasteiger partial charge in [-0.25, -0.2) is 0 Å². The summed E-state index contributed by atoms with van der Waals surface area (Å²) in [6, 6.07) is 5.25. The average Bonchev–Trinajstić information content (AvgIpc) is 2.91. The van der Waals surface area contributed by atoms with Gasteiger partial charge in [0.25, 0.3) is 5.91 Å². The van der Waals surface area contributed by atoms with E-state index < -0.39 is 0 Å². The lowest BCUT2D eigenvalue weighted by molar-refractivity contribution is 0.0678. The van der Waals surface area contributed by atoms with Crippen LogP contribution in [0.25, 0.3) is 0 Å². The second-order valence-electron chi connectivity index (χ2n) is 5.09. The molecule has 0 bridgehead atoms. The molecule has 0 spiro atoms. The van der Waals surface area contributed by atoms with Crippen molar-refractivity contribution in [3.05, 3.63) is 56.1 Å². The summed E-state index contributed by atoms with van der Waals surface area (Å²) in [7, 11) is 1.66. The van der Waals surface area contributed by atoms with E-state index in [2.05, 4.69) is 18.4 Å². The summed E-state index contributed by atoms with van der Waals surface area (Å²) in [6.45, 7) is 2.79. The van der Waals surface area contributed by atoms with Crippen molar-refractivity contribution in [3.63, 3.8) is 0 Å². The van der Waals surface area contributed by atoms with Crippen molar-refractivity contribution in [2.24, 2.45) is 7.05 Å². The lowest BCUT2D eigenvalue weighted by Crippen LogP contribution is -2.38. The van der Waals surface area contributed by atoms with Crippen LogP contribution in [0.2, 0.25) is 0 Å². The zero-order chi connectivity index (χ0) is 14.3. The molecule has 3 rings (SSSR count). The van der Waals surface area contributed by atoms with Crippen LogP contribution >= 0.6 is 11.3 Å². The van der Waals surface area contributed by atoms with Crippen LogP contribution in [0.5, 0.6) is 0 Å². The molecule has 0 aliphatic carbocycles. The minimum atomic E-state index is -0.103. The number of aryl methyl sites for hydroxylation is 1. The molecule has 2 aromatic rings. The Morgan fingerprint density at radius 2 is 2.15 bits per heavy atom. The molecule has 20 heavy (non-hydrogen) atoms. The van der Waals surface area contributed by atoms with E-state index in [0.29, 0.717) is 5.56 Å². The molecule has 0 N–H and O–H groups in total. The Kier molecular flexibility index (Phi) is 3.22. The monoisotopic (exact) mass is 288 g/mol. The van der Waals surface area contributed by atoms with E-state index in [4.69, 9.17) is 0 Å². The molecule has 1 amide bonds. The minimum Gasteiger partial charge on any atom is -0.331 e. The van der Waals surface area contributed by atoms with E-state index in [1.165, 1.54) is 21.1 Å². The topological polar surface area (TPSA) is 42.3 Å². The highest BCUT2D eigenvalue weighted by Gasteiger charge is 2.29. The fourth-order valence-electron chi connectivity index (χ4n) is 2.67. The van der Waals surface area contributed by atoms with Gasteiger partial charge in [0.05, 0.1) is 11.6 Å². The van der Waals surface area contributed by atoms with Gasteiger partial charge in [-0.05, 0) is 36.4 Å². The lowest BCUT2D eigenvalue weighted by atomic mass is 10.0. The van der Waals surface area contributed by atoms with Gasteiger partial charge in [0, 0.05) is 30.7 Å². The first-order valence-electron chi connectivity index (χ1n) is 6.62. The number of fused-ring (bicyclic) bond motifs is 1. The van der Waals surface area contributed by atoms with Crippen LogP contribution < -0.4 is 5.56 Å². The maximum atomic E-state index is 12.6. The second-order valence-corrected chi connectivity index (χ2v) is 6.09. The number of carbonyl (C=O) groups excluding carboxylic acids is 1. The first-order valence-corrected chi connectivity index (χ1v) is 7.50. The summed E-state index contributed by atoms with van der Waals surface area (Å²) >= 11 is 1.76. The van der Waals surface area contributed by atoms with Gasteiger partial charge in [-0.1, -0.05) is 0 Å². The lowest BCUT2D eigenvalue weighted by Gasteiger charge is -2.33. The number of rotatable bonds is 1.